The first-order valence-corrected chi connectivity index (χ1v) is 6.08. The zero-order chi connectivity index (χ0) is 16.3. The normalized spacial score (nSPS) is 10.0. The van der Waals surface area contributed by atoms with Gasteiger partial charge in [-0.1, -0.05) is 0 Å². The quantitative estimate of drug-likeness (QED) is 0.585. The topological polar surface area (TPSA) is 113 Å². The number of esters is 1. The van der Waals surface area contributed by atoms with Crippen LogP contribution in [0.25, 0.3) is 0 Å². The van der Waals surface area contributed by atoms with Crippen molar-refractivity contribution in [3.63, 3.8) is 0 Å². The predicted molar refractivity (Wildman–Crippen MR) is 74.7 cm³/mol. The van der Waals surface area contributed by atoms with E-state index in [0.717, 1.165) is 12.1 Å². The molecule has 0 aliphatic rings. The molecule has 2 aromatic carbocycles. The van der Waals surface area contributed by atoms with Crippen LogP contribution in [0, 0.1) is 0 Å². The molecule has 0 radical (unpaired) electrons. The summed E-state index contributed by atoms with van der Waals surface area (Å²) in [6.45, 7) is 0. The Bertz CT molecular complexity index is 737. The molecule has 7 heteroatoms. The first kappa shape index (κ1) is 15.2. The molecule has 0 fully saturated rings. The molecule has 22 heavy (non-hydrogen) atoms. The van der Waals surface area contributed by atoms with Crippen LogP contribution in [-0.2, 0) is 0 Å². The number of hydrogen-bond acceptors (Lipinski definition) is 6. The second-order valence-corrected chi connectivity index (χ2v) is 4.26. The Morgan fingerprint density at radius 3 is 2.05 bits per heavy atom. The van der Waals surface area contributed by atoms with Gasteiger partial charge in [0.2, 0.25) is 0 Å². The molecule has 2 aromatic rings. The standard InChI is InChI=1S/C15H12O7/c1-21-8-2-4-13(17)11(6-8)15(20)22-9-3-5-12(16)10(7-9)14(18)19/h2-7,16-17H,1H3,(H,18,19). The van der Waals surface area contributed by atoms with Gasteiger partial charge in [0.1, 0.15) is 34.1 Å². The van der Waals surface area contributed by atoms with Gasteiger partial charge in [-0.25, -0.2) is 9.59 Å². The van der Waals surface area contributed by atoms with Crippen molar-refractivity contribution in [2.45, 2.75) is 0 Å². The predicted octanol–water partition coefficient (Wildman–Crippen LogP) is 2.02. The Morgan fingerprint density at radius 1 is 0.909 bits per heavy atom. The van der Waals surface area contributed by atoms with Crippen LogP contribution < -0.4 is 9.47 Å². The summed E-state index contributed by atoms with van der Waals surface area (Å²) in [5.41, 5.74) is -0.538. The van der Waals surface area contributed by atoms with Gasteiger partial charge in [0, 0.05) is 0 Å². The van der Waals surface area contributed by atoms with E-state index in [0.29, 0.717) is 5.75 Å². The number of aromatic hydroxyl groups is 2. The van der Waals surface area contributed by atoms with Crippen LogP contribution in [0.1, 0.15) is 20.7 Å². The lowest BCUT2D eigenvalue weighted by Gasteiger charge is -2.08. The Balaban J connectivity index is 2.29. The third-order valence-electron chi connectivity index (χ3n) is 2.83. The number of methoxy groups -OCH3 is 1. The number of hydrogen-bond donors (Lipinski definition) is 3. The minimum Gasteiger partial charge on any atom is -0.507 e. The van der Waals surface area contributed by atoms with Crippen molar-refractivity contribution < 1.29 is 34.4 Å². The van der Waals surface area contributed by atoms with Crippen LogP contribution in [0.2, 0.25) is 0 Å². The van der Waals surface area contributed by atoms with E-state index in [4.69, 9.17) is 14.6 Å². The summed E-state index contributed by atoms with van der Waals surface area (Å²) in [7, 11) is 1.40. The number of ether oxygens (including phenoxy) is 2. The van der Waals surface area contributed by atoms with Gasteiger partial charge in [0.15, 0.2) is 0 Å². The fraction of sp³-hybridized carbons (Fsp3) is 0.0667. The first-order chi connectivity index (χ1) is 10.4. The van der Waals surface area contributed by atoms with Gasteiger partial charge in [-0.3, -0.25) is 0 Å². The third kappa shape index (κ3) is 3.09. The van der Waals surface area contributed by atoms with Crippen LogP contribution in [0.15, 0.2) is 36.4 Å². The van der Waals surface area contributed by atoms with Gasteiger partial charge >= 0.3 is 11.9 Å². The number of rotatable bonds is 4. The van der Waals surface area contributed by atoms with E-state index in [1.54, 1.807) is 0 Å². The highest BCUT2D eigenvalue weighted by Gasteiger charge is 2.17. The molecule has 3 N–H and O–H groups in total. The summed E-state index contributed by atoms with van der Waals surface area (Å²) in [6.07, 6.45) is 0. The molecule has 0 atom stereocenters. The third-order valence-corrected chi connectivity index (χ3v) is 2.83. The van der Waals surface area contributed by atoms with Gasteiger partial charge in [-0.15, -0.1) is 0 Å². The number of carbonyl (C=O) groups is 2. The van der Waals surface area contributed by atoms with Gasteiger partial charge in [-0.05, 0) is 36.4 Å². The molecule has 0 spiro atoms. The van der Waals surface area contributed by atoms with E-state index in [1.807, 2.05) is 0 Å². The van der Waals surface area contributed by atoms with E-state index in [1.165, 1.54) is 31.4 Å². The average molecular weight is 304 g/mol. The highest BCUT2D eigenvalue weighted by atomic mass is 16.5. The number of carboxylic acid groups (broad SMARTS) is 1. The molecule has 0 heterocycles. The van der Waals surface area contributed by atoms with Gasteiger partial charge in [0.25, 0.3) is 0 Å². The number of phenols is 2. The lowest BCUT2D eigenvalue weighted by Crippen LogP contribution is -2.09. The van der Waals surface area contributed by atoms with E-state index in [2.05, 4.69) is 0 Å². The second kappa shape index (κ2) is 6.04. The largest absolute Gasteiger partial charge is 0.507 e. The smallest absolute Gasteiger partial charge is 0.347 e. The maximum absolute atomic E-state index is 12.0. The molecular weight excluding hydrogens is 292 g/mol. The molecule has 2 rings (SSSR count). The summed E-state index contributed by atoms with van der Waals surface area (Å²) in [4.78, 5) is 22.9. The first-order valence-electron chi connectivity index (χ1n) is 6.08. The SMILES string of the molecule is COc1ccc(O)c(C(=O)Oc2ccc(O)c(C(=O)O)c2)c1. The molecule has 0 amide bonds. The lowest BCUT2D eigenvalue weighted by atomic mass is 10.1. The number of phenolic OH excluding ortho intramolecular Hbond substituents is 1. The maximum atomic E-state index is 12.0. The van der Waals surface area contributed by atoms with Crippen molar-refractivity contribution in [2.75, 3.05) is 7.11 Å². The van der Waals surface area contributed by atoms with Gasteiger partial charge in [0.05, 0.1) is 7.11 Å². The van der Waals surface area contributed by atoms with E-state index in [9.17, 15) is 19.8 Å². The molecule has 0 unspecified atom stereocenters. The van der Waals surface area contributed by atoms with E-state index >= 15 is 0 Å². The number of aromatic carboxylic acids is 1. The Kier molecular flexibility index (Phi) is 4.17. The minimum atomic E-state index is -1.36. The fourth-order valence-corrected chi connectivity index (χ4v) is 1.72. The monoisotopic (exact) mass is 304 g/mol. The summed E-state index contributed by atoms with van der Waals surface area (Å²) >= 11 is 0. The Labute approximate surface area is 125 Å². The minimum absolute atomic E-state index is 0.0811. The van der Waals surface area contributed by atoms with Crippen LogP contribution in [-0.4, -0.2) is 34.4 Å². The molecule has 0 aromatic heterocycles. The Morgan fingerprint density at radius 2 is 1.45 bits per heavy atom. The zero-order valence-corrected chi connectivity index (χ0v) is 11.4. The van der Waals surface area contributed by atoms with Crippen molar-refractivity contribution in [2.24, 2.45) is 0 Å². The molecule has 0 aliphatic heterocycles. The molecule has 7 nitrogen and oxygen atoms in total. The summed E-state index contributed by atoms with van der Waals surface area (Å²) in [6, 6.07) is 7.36. The number of carboxylic acids is 1. The highest BCUT2D eigenvalue weighted by Crippen LogP contribution is 2.27. The van der Waals surface area contributed by atoms with Crippen molar-refractivity contribution in [3.05, 3.63) is 47.5 Å². The summed E-state index contributed by atoms with van der Waals surface area (Å²) in [5.74, 6) is -2.73. The fourth-order valence-electron chi connectivity index (χ4n) is 1.72. The maximum Gasteiger partial charge on any atom is 0.347 e. The summed E-state index contributed by atoms with van der Waals surface area (Å²) < 4.78 is 9.94. The van der Waals surface area contributed by atoms with Crippen LogP contribution in [0.4, 0.5) is 0 Å². The van der Waals surface area contributed by atoms with Gasteiger partial charge in [-0.2, -0.15) is 0 Å². The second-order valence-electron chi connectivity index (χ2n) is 4.26. The van der Waals surface area contributed by atoms with Crippen molar-refractivity contribution in [1.82, 2.24) is 0 Å². The van der Waals surface area contributed by atoms with Crippen LogP contribution in [0.5, 0.6) is 23.0 Å². The average Bonchev–Trinajstić information content (AvgIpc) is 2.49. The Hall–Kier alpha value is -3.22. The molecular formula is C15H12O7. The van der Waals surface area contributed by atoms with Crippen molar-refractivity contribution in [3.8, 4) is 23.0 Å². The molecule has 114 valence electrons. The lowest BCUT2D eigenvalue weighted by molar-refractivity contribution is 0.0683. The number of carbonyl (C=O) groups excluding carboxylic acids is 1. The molecule has 0 saturated heterocycles. The molecule has 0 bridgehead atoms. The van der Waals surface area contributed by atoms with E-state index < -0.39 is 23.3 Å². The van der Waals surface area contributed by atoms with Gasteiger partial charge < -0.3 is 24.8 Å². The molecule has 0 saturated carbocycles. The van der Waals surface area contributed by atoms with Crippen LogP contribution >= 0.6 is 0 Å². The highest BCUT2D eigenvalue weighted by molar-refractivity contribution is 5.95. The molecule has 0 aliphatic carbocycles. The van der Waals surface area contributed by atoms with Crippen molar-refractivity contribution in [1.29, 1.82) is 0 Å². The van der Waals surface area contributed by atoms with Crippen molar-refractivity contribution >= 4 is 11.9 Å². The van der Waals surface area contributed by atoms with E-state index in [-0.39, 0.29) is 17.1 Å². The zero-order valence-electron chi connectivity index (χ0n) is 11.4. The summed E-state index contributed by atoms with van der Waals surface area (Å²) in [5, 5.41) is 28.0. The van der Waals surface area contributed by atoms with Crippen LogP contribution in [0.3, 0.4) is 0 Å². The number of benzene rings is 2.